The minimum absolute atomic E-state index is 0.0492. The van der Waals surface area contributed by atoms with Crippen LogP contribution in [0, 0.1) is 6.92 Å². The van der Waals surface area contributed by atoms with Gasteiger partial charge in [-0.25, -0.2) is 0 Å². The van der Waals surface area contributed by atoms with Crippen molar-refractivity contribution < 1.29 is 14.3 Å². The summed E-state index contributed by atoms with van der Waals surface area (Å²) in [5, 5.41) is 3.01. The van der Waals surface area contributed by atoms with Crippen LogP contribution in [0.25, 0.3) is 0 Å². The van der Waals surface area contributed by atoms with Crippen molar-refractivity contribution in [1.29, 1.82) is 0 Å². The first kappa shape index (κ1) is 20.4. The molecule has 2 aliphatic heterocycles. The van der Waals surface area contributed by atoms with Gasteiger partial charge in [-0.3, -0.25) is 9.59 Å². The van der Waals surface area contributed by atoms with Gasteiger partial charge in [-0.15, -0.1) is 0 Å². The minimum Gasteiger partial charge on any atom is -0.482 e. The summed E-state index contributed by atoms with van der Waals surface area (Å²) in [7, 11) is 0. The summed E-state index contributed by atoms with van der Waals surface area (Å²) in [6.07, 6.45) is 3.83. The van der Waals surface area contributed by atoms with E-state index in [0.29, 0.717) is 18.7 Å². The van der Waals surface area contributed by atoms with Crippen molar-refractivity contribution in [1.82, 2.24) is 10.2 Å². The van der Waals surface area contributed by atoms with E-state index in [0.717, 1.165) is 42.2 Å². The van der Waals surface area contributed by atoms with Crippen molar-refractivity contribution in [2.24, 2.45) is 0 Å². The molecular formula is C24H29N3O3. The van der Waals surface area contributed by atoms with Gasteiger partial charge in [-0.1, -0.05) is 24.6 Å². The van der Waals surface area contributed by atoms with E-state index in [1.807, 2.05) is 49.4 Å². The van der Waals surface area contributed by atoms with Gasteiger partial charge < -0.3 is 19.9 Å². The van der Waals surface area contributed by atoms with E-state index >= 15 is 0 Å². The second-order valence-electron chi connectivity index (χ2n) is 8.09. The summed E-state index contributed by atoms with van der Waals surface area (Å²) in [6.45, 7) is 6.33. The van der Waals surface area contributed by atoms with Gasteiger partial charge in [0.2, 0.25) is 0 Å². The number of ether oxygens (including phenoxy) is 1. The second kappa shape index (κ2) is 9.30. The topological polar surface area (TPSA) is 61.9 Å². The molecule has 0 unspecified atom stereocenters. The minimum atomic E-state index is -0.0624. The monoisotopic (exact) mass is 407 g/mol. The maximum atomic E-state index is 12.4. The molecule has 6 nitrogen and oxygen atoms in total. The molecular weight excluding hydrogens is 378 g/mol. The third kappa shape index (κ3) is 4.82. The first-order valence-corrected chi connectivity index (χ1v) is 10.7. The van der Waals surface area contributed by atoms with Crippen LogP contribution in [0.2, 0.25) is 0 Å². The molecule has 4 rings (SSSR count). The van der Waals surface area contributed by atoms with E-state index in [1.165, 1.54) is 19.3 Å². The Morgan fingerprint density at radius 1 is 1.07 bits per heavy atom. The quantitative estimate of drug-likeness (QED) is 0.799. The van der Waals surface area contributed by atoms with Crippen molar-refractivity contribution in [3.63, 3.8) is 0 Å². The molecule has 2 aliphatic rings. The molecule has 0 spiro atoms. The molecule has 158 valence electrons. The Bertz CT molecular complexity index is 904. The molecule has 0 radical (unpaired) electrons. The second-order valence-corrected chi connectivity index (χ2v) is 8.09. The third-order valence-corrected chi connectivity index (χ3v) is 5.78. The van der Waals surface area contributed by atoms with Crippen LogP contribution < -0.4 is 15.0 Å². The largest absolute Gasteiger partial charge is 0.482 e. The van der Waals surface area contributed by atoms with Crippen molar-refractivity contribution in [2.45, 2.75) is 32.7 Å². The van der Waals surface area contributed by atoms with E-state index in [9.17, 15) is 9.59 Å². The average molecular weight is 408 g/mol. The lowest BCUT2D eigenvalue weighted by Crippen LogP contribution is -2.38. The smallest absolute Gasteiger partial charge is 0.265 e. The molecule has 2 heterocycles. The molecule has 0 aliphatic carbocycles. The van der Waals surface area contributed by atoms with Crippen LogP contribution >= 0.6 is 0 Å². The number of hydrogen-bond donors (Lipinski definition) is 1. The van der Waals surface area contributed by atoms with Crippen LogP contribution in [0.4, 0.5) is 5.69 Å². The summed E-state index contributed by atoms with van der Waals surface area (Å²) < 4.78 is 5.54. The number of carbonyl (C=O) groups excluding carboxylic acids is 2. The molecule has 2 aromatic carbocycles. The van der Waals surface area contributed by atoms with Crippen LogP contribution in [0.3, 0.4) is 0 Å². The molecule has 2 aromatic rings. The predicted molar refractivity (Wildman–Crippen MR) is 117 cm³/mol. The molecule has 0 saturated carbocycles. The van der Waals surface area contributed by atoms with E-state index in [1.54, 1.807) is 4.90 Å². The Morgan fingerprint density at radius 3 is 2.60 bits per heavy atom. The number of piperidine rings is 1. The van der Waals surface area contributed by atoms with Crippen LogP contribution in [0.15, 0.2) is 42.5 Å². The summed E-state index contributed by atoms with van der Waals surface area (Å²) in [5.74, 6) is 0.611. The van der Waals surface area contributed by atoms with Gasteiger partial charge in [0.1, 0.15) is 5.75 Å². The number of anilines is 1. The zero-order chi connectivity index (χ0) is 20.9. The van der Waals surface area contributed by atoms with Gasteiger partial charge in [0, 0.05) is 18.7 Å². The van der Waals surface area contributed by atoms with E-state index < -0.39 is 0 Å². The number of benzene rings is 2. The molecule has 1 fully saturated rings. The van der Waals surface area contributed by atoms with Crippen molar-refractivity contribution in [3.8, 4) is 5.75 Å². The molecule has 1 saturated heterocycles. The summed E-state index contributed by atoms with van der Waals surface area (Å²) >= 11 is 0. The Morgan fingerprint density at radius 2 is 1.83 bits per heavy atom. The average Bonchev–Trinajstić information content (AvgIpc) is 2.77. The number of likely N-dealkylation sites (tertiary alicyclic amines) is 1. The van der Waals surface area contributed by atoms with Crippen LogP contribution in [-0.2, 0) is 11.3 Å². The zero-order valence-electron chi connectivity index (χ0n) is 17.5. The molecule has 2 amide bonds. The van der Waals surface area contributed by atoms with Gasteiger partial charge in [0.15, 0.2) is 6.61 Å². The molecule has 6 heteroatoms. The normalized spacial score (nSPS) is 16.7. The molecule has 1 N–H and O–H groups in total. The van der Waals surface area contributed by atoms with Gasteiger partial charge in [0.25, 0.3) is 11.8 Å². The van der Waals surface area contributed by atoms with Gasteiger partial charge >= 0.3 is 0 Å². The predicted octanol–water partition coefficient (Wildman–Crippen LogP) is 3.14. The Kier molecular flexibility index (Phi) is 6.33. The molecule has 0 aromatic heterocycles. The highest BCUT2D eigenvalue weighted by Gasteiger charge is 2.25. The number of fused-ring (bicyclic) bond motifs is 1. The maximum absolute atomic E-state index is 12.4. The highest BCUT2D eigenvalue weighted by molar-refractivity contribution is 5.98. The lowest BCUT2D eigenvalue weighted by Gasteiger charge is -2.29. The van der Waals surface area contributed by atoms with Gasteiger partial charge in [-0.05, 0) is 68.2 Å². The number of amides is 2. The van der Waals surface area contributed by atoms with E-state index in [4.69, 9.17) is 4.74 Å². The number of rotatable bonds is 6. The molecule has 0 atom stereocenters. The SMILES string of the molecule is Cc1ccc2c(c1)N(Cc1ccc(C(=O)NCCN3CCCCC3)cc1)C(=O)CO2. The Hall–Kier alpha value is -2.86. The van der Waals surface area contributed by atoms with Gasteiger partial charge in [-0.2, -0.15) is 0 Å². The number of nitrogens with zero attached hydrogens (tertiary/aromatic N) is 2. The molecule has 30 heavy (non-hydrogen) atoms. The number of nitrogens with one attached hydrogen (secondary N) is 1. The zero-order valence-corrected chi connectivity index (χ0v) is 17.5. The fourth-order valence-corrected chi connectivity index (χ4v) is 4.04. The van der Waals surface area contributed by atoms with E-state index in [-0.39, 0.29) is 18.4 Å². The standard InChI is InChI=1S/C24H29N3O3/c1-18-5-10-22-21(15-18)27(23(28)17-30-22)16-19-6-8-20(9-7-19)24(29)25-11-14-26-12-3-2-4-13-26/h5-10,15H,2-4,11-14,16-17H2,1H3,(H,25,29). The maximum Gasteiger partial charge on any atom is 0.265 e. The first-order valence-electron chi connectivity index (χ1n) is 10.7. The van der Waals surface area contributed by atoms with Crippen LogP contribution in [-0.4, -0.2) is 49.5 Å². The number of aryl methyl sites for hydroxylation is 1. The van der Waals surface area contributed by atoms with Gasteiger partial charge in [0.05, 0.1) is 12.2 Å². The first-order chi connectivity index (χ1) is 14.6. The van der Waals surface area contributed by atoms with E-state index in [2.05, 4.69) is 10.2 Å². The third-order valence-electron chi connectivity index (χ3n) is 5.78. The number of carbonyl (C=O) groups is 2. The summed E-state index contributed by atoms with van der Waals surface area (Å²) in [6, 6.07) is 13.3. The Balaban J connectivity index is 1.35. The Labute approximate surface area is 177 Å². The number of hydrogen-bond acceptors (Lipinski definition) is 4. The van der Waals surface area contributed by atoms with Crippen molar-refractivity contribution >= 4 is 17.5 Å². The summed E-state index contributed by atoms with van der Waals surface area (Å²) in [4.78, 5) is 29.0. The fourth-order valence-electron chi connectivity index (χ4n) is 4.04. The van der Waals surface area contributed by atoms with Crippen LogP contribution in [0.1, 0.15) is 40.7 Å². The molecule has 0 bridgehead atoms. The van der Waals surface area contributed by atoms with Crippen LogP contribution in [0.5, 0.6) is 5.75 Å². The fraction of sp³-hybridized carbons (Fsp3) is 0.417. The van der Waals surface area contributed by atoms with Crippen molar-refractivity contribution in [3.05, 3.63) is 59.2 Å². The highest BCUT2D eigenvalue weighted by atomic mass is 16.5. The highest BCUT2D eigenvalue weighted by Crippen LogP contribution is 2.33. The summed E-state index contributed by atoms with van der Waals surface area (Å²) in [5.41, 5.74) is 3.49. The van der Waals surface area contributed by atoms with Crippen molar-refractivity contribution in [2.75, 3.05) is 37.7 Å². The lowest BCUT2D eigenvalue weighted by atomic mass is 10.1. The lowest BCUT2D eigenvalue weighted by molar-refractivity contribution is -0.121.